The average Bonchev–Trinajstić information content (AvgIpc) is 3.25. The van der Waals surface area contributed by atoms with Crippen LogP contribution < -0.4 is 10.1 Å². The van der Waals surface area contributed by atoms with Gasteiger partial charge >= 0.3 is 5.97 Å². The third-order valence-electron chi connectivity index (χ3n) is 4.22. The molecule has 9 nitrogen and oxygen atoms in total. The van der Waals surface area contributed by atoms with Crippen LogP contribution >= 0.6 is 0 Å². The van der Waals surface area contributed by atoms with Crippen LogP contribution in [0.1, 0.15) is 28.2 Å². The van der Waals surface area contributed by atoms with Crippen LogP contribution in [0.3, 0.4) is 0 Å². The van der Waals surface area contributed by atoms with Gasteiger partial charge in [0.2, 0.25) is 0 Å². The van der Waals surface area contributed by atoms with Crippen molar-refractivity contribution < 1.29 is 23.8 Å². The first-order valence-electron chi connectivity index (χ1n) is 8.81. The quantitative estimate of drug-likeness (QED) is 0.600. The number of aromatic nitrogens is 4. The highest BCUT2D eigenvalue weighted by Gasteiger charge is 2.17. The minimum Gasteiger partial charge on any atom is -0.481 e. The summed E-state index contributed by atoms with van der Waals surface area (Å²) in [4.78, 5) is 23.1. The highest BCUT2D eigenvalue weighted by molar-refractivity contribution is 6.04. The number of anilines is 1. The number of aryl methyl sites for hydroxylation is 2. The Morgan fingerprint density at radius 3 is 2.83 bits per heavy atom. The van der Waals surface area contributed by atoms with E-state index in [-0.39, 0.29) is 25.6 Å². The van der Waals surface area contributed by atoms with E-state index in [1.807, 2.05) is 0 Å². The van der Waals surface area contributed by atoms with Crippen molar-refractivity contribution in [3.8, 4) is 5.75 Å². The maximum Gasteiger partial charge on any atom is 0.305 e. The highest BCUT2D eigenvalue weighted by Crippen LogP contribution is 2.21. The predicted octanol–water partition coefficient (Wildman–Crippen LogP) is 2.60. The molecule has 0 fully saturated rings. The number of rotatable bonds is 8. The van der Waals surface area contributed by atoms with Gasteiger partial charge in [0, 0.05) is 12.3 Å². The molecule has 0 aliphatic heterocycles. The van der Waals surface area contributed by atoms with Crippen molar-refractivity contribution in [2.24, 2.45) is 0 Å². The lowest BCUT2D eigenvalue weighted by atomic mass is 10.2. The minimum atomic E-state index is -0.939. The second-order valence-electron chi connectivity index (χ2n) is 6.37. The van der Waals surface area contributed by atoms with Gasteiger partial charge in [0.05, 0.1) is 41.8 Å². The smallest absolute Gasteiger partial charge is 0.305 e. The molecule has 3 aromatic rings. The Morgan fingerprint density at radius 1 is 1.31 bits per heavy atom. The molecule has 1 amide bonds. The topological polar surface area (TPSA) is 111 Å². The molecule has 0 atom stereocenters. The number of aliphatic carboxylic acids is 1. The van der Waals surface area contributed by atoms with Crippen molar-refractivity contribution in [2.45, 2.75) is 33.5 Å². The van der Waals surface area contributed by atoms with Crippen LogP contribution in [-0.4, -0.2) is 36.5 Å². The van der Waals surface area contributed by atoms with Crippen LogP contribution in [-0.2, 0) is 18.1 Å². The van der Waals surface area contributed by atoms with Gasteiger partial charge in [0.1, 0.15) is 11.6 Å². The number of hydrogen-bond donors (Lipinski definition) is 2. The number of benzene rings is 1. The molecule has 10 heteroatoms. The predicted molar refractivity (Wildman–Crippen MR) is 101 cm³/mol. The number of nitrogens with zero attached hydrogens (tertiary/aromatic N) is 4. The van der Waals surface area contributed by atoms with Crippen molar-refractivity contribution in [1.82, 2.24) is 19.6 Å². The van der Waals surface area contributed by atoms with E-state index in [0.29, 0.717) is 28.4 Å². The van der Waals surface area contributed by atoms with Crippen molar-refractivity contribution in [2.75, 3.05) is 5.32 Å². The zero-order valence-corrected chi connectivity index (χ0v) is 15.9. The maximum atomic E-state index is 13.2. The van der Waals surface area contributed by atoms with Crippen molar-refractivity contribution >= 4 is 17.6 Å². The molecule has 152 valence electrons. The van der Waals surface area contributed by atoms with Gasteiger partial charge in [0.15, 0.2) is 6.73 Å². The largest absolute Gasteiger partial charge is 0.481 e. The molecular weight excluding hydrogens is 381 g/mol. The van der Waals surface area contributed by atoms with Gasteiger partial charge in [-0.15, -0.1) is 0 Å². The van der Waals surface area contributed by atoms with E-state index >= 15 is 0 Å². The number of nitrogens with one attached hydrogen (secondary N) is 1. The van der Waals surface area contributed by atoms with Gasteiger partial charge in [-0.3, -0.25) is 14.3 Å². The molecule has 1 aromatic carbocycles. The highest BCUT2D eigenvalue weighted by atomic mass is 19.1. The monoisotopic (exact) mass is 401 g/mol. The summed E-state index contributed by atoms with van der Waals surface area (Å²) in [5.41, 5.74) is 2.11. The fraction of sp³-hybridized carbons (Fsp3) is 0.263. The molecule has 0 saturated carbocycles. The standard InChI is InChI=1S/C19H20FN5O4/c1-12-18(22-19(28)14-9-21-24(10-14)7-6-17(26)27)13(2)25(23-12)11-29-16-5-3-4-15(20)8-16/h3-5,8-10H,6-7,11H2,1-2H3,(H,22,28)(H,26,27). The zero-order chi connectivity index (χ0) is 21.0. The molecule has 0 radical (unpaired) electrons. The van der Waals surface area contributed by atoms with Gasteiger partial charge in [-0.25, -0.2) is 9.07 Å². The molecule has 0 spiro atoms. The number of carbonyl (C=O) groups is 2. The third kappa shape index (κ3) is 4.98. The van der Waals surface area contributed by atoms with Crippen LogP contribution in [0.25, 0.3) is 0 Å². The lowest BCUT2D eigenvalue weighted by Crippen LogP contribution is -2.13. The van der Waals surface area contributed by atoms with Crippen LogP contribution in [0.4, 0.5) is 10.1 Å². The molecular formula is C19H20FN5O4. The lowest BCUT2D eigenvalue weighted by molar-refractivity contribution is -0.137. The Labute approximate surface area is 165 Å². The summed E-state index contributed by atoms with van der Waals surface area (Å²) in [5, 5.41) is 19.9. The molecule has 0 bridgehead atoms. The van der Waals surface area contributed by atoms with Crippen LogP contribution in [0.15, 0.2) is 36.7 Å². The summed E-state index contributed by atoms with van der Waals surface area (Å²) in [7, 11) is 0. The molecule has 0 aliphatic rings. The lowest BCUT2D eigenvalue weighted by Gasteiger charge is -2.08. The Hall–Kier alpha value is -3.69. The number of halogens is 1. The Kier molecular flexibility index (Phi) is 5.91. The Morgan fingerprint density at radius 2 is 2.10 bits per heavy atom. The molecule has 29 heavy (non-hydrogen) atoms. The van der Waals surface area contributed by atoms with Crippen molar-refractivity contribution in [1.29, 1.82) is 0 Å². The van der Waals surface area contributed by atoms with Crippen LogP contribution in [0.2, 0.25) is 0 Å². The third-order valence-corrected chi connectivity index (χ3v) is 4.22. The minimum absolute atomic E-state index is 0.0547. The SMILES string of the molecule is Cc1nn(COc2cccc(F)c2)c(C)c1NC(=O)c1cnn(CCC(=O)O)c1. The molecule has 2 heterocycles. The summed E-state index contributed by atoms with van der Waals surface area (Å²) in [5.74, 6) is -1.35. The average molecular weight is 401 g/mol. The van der Waals surface area contributed by atoms with Gasteiger partial charge < -0.3 is 15.2 Å². The number of hydrogen-bond acceptors (Lipinski definition) is 5. The number of amides is 1. The van der Waals surface area contributed by atoms with Crippen molar-refractivity contribution in [3.05, 3.63) is 59.4 Å². The summed E-state index contributed by atoms with van der Waals surface area (Å²) in [6.45, 7) is 3.76. The number of carboxylic acid groups (broad SMARTS) is 1. The molecule has 0 aliphatic carbocycles. The van der Waals surface area contributed by atoms with Gasteiger partial charge in [-0.05, 0) is 26.0 Å². The fourth-order valence-corrected chi connectivity index (χ4v) is 2.69. The van der Waals surface area contributed by atoms with E-state index in [0.717, 1.165) is 0 Å². The first-order chi connectivity index (χ1) is 13.8. The first kappa shape index (κ1) is 20.1. The number of carbonyl (C=O) groups excluding carboxylic acids is 1. The normalized spacial score (nSPS) is 10.7. The van der Waals surface area contributed by atoms with Crippen molar-refractivity contribution in [3.63, 3.8) is 0 Å². The molecule has 0 unspecified atom stereocenters. The van der Waals surface area contributed by atoms with E-state index < -0.39 is 11.8 Å². The summed E-state index contributed by atoms with van der Waals surface area (Å²) >= 11 is 0. The number of carboxylic acids is 1. The Balaban J connectivity index is 1.66. The number of ether oxygens (including phenoxy) is 1. The summed E-state index contributed by atoms with van der Waals surface area (Å²) in [6, 6.07) is 5.79. The van der Waals surface area contributed by atoms with Crippen LogP contribution in [0.5, 0.6) is 5.75 Å². The second kappa shape index (κ2) is 8.55. The molecule has 2 aromatic heterocycles. The molecule has 3 rings (SSSR count). The van der Waals surface area contributed by atoms with E-state index in [4.69, 9.17) is 9.84 Å². The molecule has 0 saturated heterocycles. The summed E-state index contributed by atoms with van der Waals surface area (Å²) in [6.07, 6.45) is 2.78. The van der Waals surface area contributed by atoms with E-state index in [9.17, 15) is 14.0 Å². The zero-order valence-electron chi connectivity index (χ0n) is 15.9. The van der Waals surface area contributed by atoms with Gasteiger partial charge in [0.25, 0.3) is 5.91 Å². The van der Waals surface area contributed by atoms with E-state index in [1.54, 1.807) is 30.7 Å². The van der Waals surface area contributed by atoms with Crippen LogP contribution in [0, 0.1) is 19.7 Å². The fourth-order valence-electron chi connectivity index (χ4n) is 2.69. The molecule has 2 N–H and O–H groups in total. The van der Waals surface area contributed by atoms with Gasteiger partial charge in [-0.2, -0.15) is 10.2 Å². The van der Waals surface area contributed by atoms with E-state index in [1.165, 1.54) is 29.2 Å². The Bertz CT molecular complexity index is 1040. The first-order valence-corrected chi connectivity index (χ1v) is 8.81. The maximum absolute atomic E-state index is 13.2. The van der Waals surface area contributed by atoms with Gasteiger partial charge in [-0.1, -0.05) is 6.07 Å². The second-order valence-corrected chi connectivity index (χ2v) is 6.37. The van der Waals surface area contributed by atoms with E-state index in [2.05, 4.69) is 15.5 Å². The summed E-state index contributed by atoms with van der Waals surface area (Å²) < 4.78 is 21.8.